The van der Waals surface area contributed by atoms with Crippen molar-refractivity contribution >= 4 is 0 Å². The summed E-state index contributed by atoms with van der Waals surface area (Å²) in [6.45, 7) is 4.04. The largest absolute Gasteiger partial charge is 0.377 e. The molecule has 0 N–H and O–H groups in total. The van der Waals surface area contributed by atoms with E-state index in [-0.39, 0.29) is 6.04 Å². The van der Waals surface area contributed by atoms with E-state index in [0.29, 0.717) is 25.7 Å². The molecule has 1 aliphatic heterocycles. The molecule has 2 unspecified atom stereocenters. The second kappa shape index (κ2) is 5.59. The summed E-state index contributed by atoms with van der Waals surface area (Å²) in [5, 5.41) is 17.4. The minimum absolute atomic E-state index is 0.141. The molecule has 0 bridgehead atoms. The molecule has 0 saturated carbocycles. The average molecular weight is 193 g/mol. The van der Waals surface area contributed by atoms with Crippen LogP contribution in [0.3, 0.4) is 0 Å². The summed E-state index contributed by atoms with van der Waals surface area (Å²) < 4.78 is 5.23. The van der Waals surface area contributed by atoms with Gasteiger partial charge in [-0.1, -0.05) is 0 Å². The molecule has 4 heteroatoms. The van der Waals surface area contributed by atoms with Crippen molar-refractivity contribution in [1.29, 1.82) is 10.5 Å². The molecule has 0 spiro atoms. The molecular formula is C10H15N3O. The first-order valence-corrected chi connectivity index (χ1v) is 4.89. The third-order valence-corrected chi connectivity index (χ3v) is 2.56. The fourth-order valence-corrected chi connectivity index (χ4v) is 1.69. The van der Waals surface area contributed by atoms with Crippen molar-refractivity contribution in [1.82, 2.24) is 4.90 Å². The summed E-state index contributed by atoms with van der Waals surface area (Å²) in [6.07, 6.45) is 1.38. The monoisotopic (exact) mass is 193 g/mol. The molecule has 0 aromatic rings. The molecular weight excluding hydrogens is 178 g/mol. The van der Waals surface area contributed by atoms with Gasteiger partial charge in [0.05, 0.1) is 25.4 Å². The Hall–Kier alpha value is -1.10. The highest BCUT2D eigenvalue weighted by atomic mass is 16.5. The topological polar surface area (TPSA) is 60.1 Å². The van der Waals surface area contributed by atoms with E-state index < -0.39 is 0 Å². The third-order valence-electron chi connectivity index (χ3n) is 2.56. The van der Waals surface area contributed by atoms with E-state index in [1.807, 2.05) is 0 Å². The zero-order valence-electron chi connectivity index (χ0n) is 8.44. The number of rotatable bonds is 3. The van der Waals surface area contributed by atoms with Crippen molar-refractivity contribution in [2.75, 3.05) is 19.8 Å². The molecule has 0 aromatic carbocycles. The van der Waals surface area contributed by atoms with Crippen LogP contribution in [-0.4, -0.2) is 36.7 Å². The van der Waals surface area contributed by atoms with Gasteiger partial charge in [0.25, 0.3) is 0 Å². The van der Waals surface area contributed by atoms with Crippen molar-refractivity contribution < 1.29 is 4.74 Å². The van der Waals surface area contributed by atoms with E-state index >= 15 is 0 Å². The van der Waals surface area contributed by atoms with Crippen molar-refractivity contribution in [2.24, 2.45) is 0 Å². The van der Waals surface area contributed by atoms with Gasteiger partial charge >= 0.3 is 0 Å². The van der Waals surface area contributed by atoms with Gasteiger partial charge in [0, 0.05) is 19.0 Å². The van der Waals surface area contributed by atoms with Crippen molar-refractivity contribution in [3.63, 3.8) is 0 Å². The fraction of sp³-hybridized carbons (Fsp3) is 0.800. The van der Waals surface area contributed by atoms with Gasteiger partial charge in [-0.2, -0.15) is 10.5 Å². The van der Waals surface area contributed by atoms with Gasteiger partial charge in [-0.05, 0) is 13.3 Å². The molecule has 0 aromatic heterocycles. The molecule has 1 aliphatic rings. The molecule has 0 radical (unpaired) electrons. The maximum Gasteiger partial charge on any atom is 0.122 e. The van der Waals surface area contributed by atoms with Gasteiger partial charge in [0.1, 0.15) is 6.04 Å². The lowest BCUT2D eigenvalue weighted by molar-refractivity contribution is -0.00646. The Morgan fingerprint density at radius 3 is 3.00 bits per heavy atom. The molecule has 1 saturated heterocycles. The third kappa shape index (κ3) is 2.70. The maximum absolute atomic E-state index is 8.90. The summed E-state index contributed by atoms with van der Waals surface area (Å²) in [5.41, 5.74) is 0. The summed E-state index contributed by atoms with van der Waals surface area (Å²) in [7, 11) is 0. The molecule has 1 fully saturated rings. The molecule has 4 nitrogen and oxygen atoms in total. The van der Waals surface area contributed by atoms with E-state index in [9.17, 15) is 0 Å². The first-order valence-electron chi connectivity index (χ1n) is 4.89. The maximum atomic E-state index is 8.90. The number of hydrogen-bond donors (Lipinski definition) is 0. The summed E-state index contributed by atoms with van der Waals surface area (Å²) >= 11 is 0. The van der Waals surface area contributed by atoms with Crippen molar-refractivity contribution in [3.05, 3.63) is 0 Å². The lowest BCUT2D eigenvalue weighted by Gasteiger charge is -2.35. The van der Waals surface area contributed by atoms with E-state index in [4.69, 9.17) is 15.3 Å². The Kier molecular flexibility index (Phi) is 4.39. The SMILES string of the molecule is CC(CCC#N)N1CCOCC1C#N. The lowest BCUT2D eigenvalue weighted by Crippen LogP contribution is -2.49. The fourth-order valence-electron chi connectivity index (χ4n) is 1.69. The first-order chi connectivity index (χ1) is 6.79. The van der Waals surface area contributed by atoms with Crippen LogP contribution >= 0.6 is 0 Å². The second-order valence-electron chi connectivity index (χ2n) is 3.50. The van der Waals surface area contributed by atoms with Crippen LogP contribution in [0.25, 0.3) is 0 Å². The highest BCUT2D eigenvalue weighted by Gasteiger charge is 2.26. The standard InChI is InChI=1S/C10H15N3O/c1-9(3-2-4-11)13-5-6-14-8-10(13)7-12/h9-10H,2-3,5-6,8H2,1H3. The molecule has 1 heterocycles. The zero-order chi connectivity index (χ0) is 10.4. The highest BCUT2D eigenvalue weighted by molar-refractivity contribution is 4.95. The van der Waals surface area contributed by atoms with Crippen LogP contribution in [0.2, 0.25) is 0 Å². The van der Waals surface area contributed by atoms with Crippen molar-refractivity contribution in [2.45, 2.75) is 31.8 Å². The predicted octanol–water partition coefficient (Wildman–Crippen LogP) is 0.903. The van der Waals surface area contributed by atoms with Crippen LogP contribution in [0.4, 0.5) is 0 Å². The molecule has 0 amide bonds. The molecule has 76 valence electrons. The second-order valence-corrected chi connectivity index (χ2v) is 3.50. The Balaban J connectivity index is 2.47. The lowest BCUT2D eigenvalue weighted by atomic mass is 10.1. The quantitative estimate of drug-likeness (QED) is 0.668. The number of nitriles is 2. The normalized spacial score (nSPS) is 24.9. The van der Waals surface area contributed by atoms with Gasteiger partial charge < -0.3 is 4.74 Å². The van der Waals surface area contributed by atoms with Crippen LogP contribution in [0.5, 0.6) is 0 Å². The van der Waals surface area contributed by atoms with Gasteiger partial charge in [-0.25, -0.2) is 0 Å². The zero-order valence-corrected chi connectivity index (χ0v) is 8.44. The molecule has 1 rings (SSSR count). The van der Waals surface area contributed by atoms with E-state index in [0.717, 1.165) is 13.0 Å². The summed E-state index contributed by atoms with van der Waals surface area (Å²) in [4.78, 5) is 2.13. The van der Waals surface area contributed by atoms with E-state index in [1.54, 1.807) is 0 Å². The smallest absolute Gasteiger partial charge is 0.122 e. The minimum Gasteiger partial charge on any atom is -0.377 e. The number of morpholine rings is 1. The van der Waals surface area contributed by atoms with Gasteiger partial charge in [0.2, 0.25) is 0 Å². The predicted molar refractivity (Wildman–Crippen MR) is 51.2 cm³/mol. The number of nitrogens with zero attached hydrogens (tertiary/aromatic N) is 3. The highest BCUT2D eigenvalue weighted by Crippen LogP contribution is 2.13. The van der Waals surface area contributed by atoms with Crippen molar-refractivity contribution in [3.8, 4) is 12.1 Å². The summed E-state index contributed by atoms with van der Waals surface area (Å²) in [5.74, 6) is 0. The van der Waals surface area contributed by atoms with Crippen LogP contribution in [-0.2, 0) is 4.74 Å². The van der Waals surface area contributed by atoms with Crippen LogP contribution in [0, 0.1) is 22.7 Å². The number of ether oxygens (including phenoxy) is 1. The number of hydrogen-bond acceptors (Lipinski definition) is 4. The Labute approximate surface area is 84.7 Å². The van der Waals surface area contributed by atoms with E-state index in [1.165, 1.54) is 0 Å². The minimum atomic E-state index is -0.141. The molecule has 0 aliphatic carbocycles. The van der Waals surface area contributed by atoms with Gasteiger partial charge in [-0.3, -0.25) is 4.90 Å². The van der Waals surface area contributed by atoms with Crippen LogP contribution in [0.1, 0.15) is 19.8 Å². The van der Waals surface area contributed by atoms with Crippen LogP contribution < -0.4 is 0 Å². The van der Waals surface area contributed by atoms with Gasteiger partial charge in [-0.15, -0.1) is 0 Å². The van der Waals surface area contributed by atoms with E-state index in [2.05, 4.69) is 24.0 Å². The summed E-state index contributed by atoms with van der Waals surface area (Å²) in [6, 6.07) is 4.51. The van der Waals surface area contributed by atoms with Gasteiger partial charge in [0.15, 0.2) is 0 Å². The molecule has 14 heavy (non-hydrogen) atoms. The Morgan fingerprint density at radius 2 is 2.36 bits per heavy atom. The first kappa shape index (κ1) is 11.0. The average Bonchev–Trinajstić information content (AvgIpc) is 2.25. The van der Waals surface area contributed by atoms with Crippen LogP contribution in [0.15, 0.2) is 0 Å². The Bertz CT molecular complexity index is 253. The Morgan fingerprint density at radius 1 is 1.57 bits per heavy atom. The molecule has 2 atom stereocenters.